The molecule has 20 heavy (non-hydrogen) atoms. The third-order valence-corrected chi connectivity index (χ3v) is 3.17. The standard InChI is InChI=1S/C13H15BrN4O2/c1-8-6-11(18-15)17-12(16-8)7-20-13-9(14)4-3-5-10(13)19-2/h3-6H,7,15H2,1-2H3,(H,16,17,18). The Balaban J connectivity index is 2.19. The molecule has 0 atom stereocenters. The lowest BCUT2D eigenvalue weighted by Crippen LogP contribution is -2.12. The van der Waals surface area contributed by atoms with Crippen LogP contribution in [0.5, 0.6) is 11.5 Å². The van der Waals surface area contributed by atoms with Gasteiger partial charge in [0, 0.05) is 11.8 Å². The maximum atomic E-state index is 5.73. The lowest BCUT2D eigenvalue weighted by molar-refractivity contribution is 0.274. The van der Waals surface area contributed by atoms with Crippen LogP contribution in [0, 0.1) is 6.92 Å². The summed E-state index contributed by atoms with van der Waals surface area (Å²) >= 11 is 3.43. The summed E-state index contributed by atoms with van der Waals surface area (Å²) in [7, 11) is 1.59. The molecule has 6 nitrogen and oxygen atoms in total. The van der Waals surface area contributed by atoms with Crippen molar-refractivity contribution in [3.63, 3.8) is 0 Å². The number of nitrogens with one attached hydrogen (secondary N) is 1. The smallest absolute Gasteiger partial charge is 0.175 e. The summed E-state index contributed by atoms with van der Waals surface area (Å²) in [6.07, 6.45) is 0. The van der Waals surface area contributed by atoms with Crippen molar-refractivity contribution in [2.45, 2.75) is 13.5 Å². The molecule has 106 valence electrons. The summed E-state index contributed by atoms with van der Waals surface area (Å²) in [6, 6.07) is 7.32. The number of halogens is 1. The van der Waals surface area contributed by atoms with Gasteiger partial charge in [-0.1, -0.05) is 6.07 Å². The lowest BCUT2D eigenvalue weighted by Gasteiger charge is -2.12. The fourth-order valence-electron chi connectivity index (χ4n) is 1.70. The predicted molar refractivity (Wildman–Crippen MR) is 79.6 cm³/mol. The maximum Gasteiger partial charge on any atom is 0.175 e. The van der Waals surface area contributed by atoms with Crippen molar-refractivity contribution in [3.8, 4) is 11.5 Å². The molecule has 0 aliphatic carbocycles. The molecule has 0 bridgehead atoms. The molecule has 3 N–H and O–H groups in total. The monoisotopic (exact) mass is 338 g/mol. The Morgan fingerprint density at radius 2 is 2.15 bits per heavy atom. The largest absolute Gasteiger partial charge is 0.493 e. The lowest BCUT2D eigenvalue weighted by atomic mass is 10.3. The highest BCUT2D eigenvalue weighted by atomic mass is 79.9. The number of aryl methyl sites for hydroxylation is 1. The minimum atomic E-state index is 0.218. The molecular formula is C13H15BrN4O2. The van der Waals surface area contributed by atoms with E-state index in [1.807, 2.05) is 25.1 Å². The number of ether oxygens (including phenoxy) is 2. The fourth-order valence-corrected chi connectivity index (χ4v) is 2.16. The molecule has 0 aliphatic heterocycles. The van der Waals surface area contributed by atoms with Crippen LogP contribution in [-0.4, -0.2) is 17.1 Å². The molecule has 1 aromatic heterocycles. The first kappa shape index (κ1) is 14.5. The first-order chi connectivity index (χ1) is 9.63. The van der Waals surface area contributed by atoms with Crippen molar-refractivity contribution in [1.82, 2.24) is 9.97 Å². The van der Waals surface area contributed by atoms with E-state index in [-0.39, 0.29) is 6.61 Å². The van der Waals surface area contributed by atoms with E-state index in [2.05, 4.69) is 31.3 Å². The van der Waals surface area contributed by atoms with Gasteiger partial charge in [-0.25, -0.2) is 15.8 Å². The van der Waals surface area contributed by atoms with Gasteiger partial charge in [-0.2, -0.15) is 0 Å². The van der Waals surface area contributed by atoms with E-state index >= 15 is 0 Å². The molecular weight excluding hydrogens is 324 g/mol. The zero-order valence-electron chi connectivity index (χ0n) is 11.2. The van der Waals surface area contributed by atoms with Crippen molar-refractivity contribution >= 4 is 21.7 Å². The van der Waals surface area contributed by atoms with Gasteiger partial charge < -0.3 is 14.9 Å². The summed E-state index contributed by atoms with van der Waals surface area (Å²) in [5, 5.41) is 0. The number of rotatable bonds is 5. The van der Waals surface area contributed by atoms with Crippen LogP contribution in [0.4, 0.5) is 5.82 Å². The molecule has 1 aromatic carbocycles. The average Bonchev–Trinajstić information content (AvgIpc) is 2.45. The van der Waals surface area contributed by atoms with E-state index in [0.717, 1.165) is 10.2 Å². The Morgan fingerprint density at radius 3 is 2.85 bits per heavy atom. The zero-order chi connectivity index (χ0) is 14.5. The number of hydrogen-bond donors (Lipinski definition) is 2. The Labute approximate surface area is 125 Å². The van der Waals surface area contributed by atoms with E-state index in [0.29, 0.717) is 23.1 Å². The van der Waals surface area contributed by atoms with Gasteiger partial charge in [0.25, 0.3) is 0 Å². The number of anilines is 1. The summed E-state index contributed by atoms with van der Waals surface area (Å²) in [5.41, 5.74) is 3.31. The topological polar surface area (TPSA) is 82.3 Å². The number of aromatic nitrogens is 2. The van der Waals surface area contributed by atoms with E-state index in [4.69, 9.17) is 15.3 Å². The summed E-state index contributed by atoms with van der Waals surface area (Å²) in [4.78, 5) is 8.52. The van der Waals surface area contributed by atoms with Gasteiger partial charge in [0.1, 0.15) is 12.4 Å². The number of nitrogen functional groups attached to an aromatic ring is 1. The van der Waals surface area contributed by atoms with Gasteiger partial charge in [-0.3, -0.25) is 0 Å². The highest BCUT2D eigenvalue weighted by Gasteiger charge is 2.10. The highest BCUT2D eigenvalue weighted by Crippen LogP contribution is 2.35. The van der Waals surface area contributed by atoms with Gasteiger partial charge in [-0.15, -0.1) is 0 Å². The van der Waals surface area contributed by atoms with Gasteiger partial charge in [-0.05, 0) is 35.0 Å². The number of hydrazine groups is 1. The molecule has 0 saturated carbocycles. The molecule has 7 heteroatoms. The molecule has 0 unspecified atom stereocenters. The molecule has 2 aromatic rings. The van der Waals surface area contributed by atoms with Gasteiger partial charge in [0.05, 0.1) is 11.6 Å². The maximum absolute atomic E-state index is 5.73. The predicted octanol–water partition coefficient (Wildman–Crippen LogP) is 2.42. The zero-order valence-corrected chi connectivity index (χ0v) is 12.8. The van der Waals surface area contributed by atoms with Crippen molar-refractivity contribution in [2.24, 2.45) is 5.84 Å². The molecule has 0 fully saturated rings. The Hall–Kier alpha value is -1.86. The van der Waals surface area contributed by atoms with Crippen LogP contribution in [0.1, 0.15) is 11.5 Å². The second-order valence-corrected chi connectivity index (χ2v) is 4.87. The van der Waals surface area contributed by atoms with E-state index in [1.165, 1.54) is 0 Å². The Kier molecular flexibility index (Phi) is 4.75. The highest BCUT2D eigenvalue weighted by molar-refractivity contribution is 9.10. The number of para-hydroxylation sites is 1. The van der Waals surface area contributed by atoms with Crippen LogP contribution in [0.2, 0.25) is 0 Å². The Bertz CT molecular complexity index is 607. The van der Waals surface area contributed by atoms with Crippen LogP contribution in [0.15, 0.2) is 28.7 Å². The third-order valence-electron chi connectivity index (χ3n) is 2.54. The number of nitrogens with zero attached hydrogens (tertiary/aromatic N) is 2. The molecule has 0 radical (unpaired) electrons. The first-order valence-corrected chi connectivity index (χ1v) is 6.70. The third kappa shape index (κ3) is 3.37. The van der Waals surface area contributed by atoms with Crippen LogP contribution in [-0.2, 0) is 6.61 Å². The summed E-state index contributed by atoms with van der Waals surface area (Å²) in [5.74, 6) is 7.70. The summed E-state index contributed by atoms with van der Waals surface area (Å²) in [6.45, 7) is 2.08. The molecule has 0 aliphatic rings. The fraction of sp³-hybridized carbons (Fsp3) is 0.231. The minimum Gasteiger partial charge on any atom is -0.493 e. The summed E-state index contributed by atoms with van der Waals surface area (Å²) < 4.78 is 11.8. The van der Waals surface area contributed by atoms with E-state index in [9.17, 15) is 0 Å². The van der Waals surface area contributed by atoms with Crippen LogP contribution < -0.4 is 20.7 Å². The normalized spacial score (nSPS) is 10.2. The van der Waals surface area contributed by atoms with Crippen molar-refractivity contribution in [1.29, 1.82) is 0 Å². The van der Waals surface area contributed by atoms with Gasteiger partial charge >= 0.3 is 0 Å². The second kappa shape index (κ2) is 6.53. The quantitative estimate of drug-likeness (QED) is 0.643. The van der Waals surface area contributed by atoms with Crippen molar-refractivity contribution < 1.29 is 9.47 Å². The molecule has 2 rings (SSSR count). The van der Waals surface area contributed by atoms with Gasteiger partial charge in [0.2, 0.25) is 0 Å². The van der Waals surface area contributed by atoms with Crippen LogP contribution in [0.25, 0.3) is 0 Å². The molecule has 1 heterocycles. The Morgan fingerprint density at radius 1 is 1.35 bits per heavy atom. The van der Waals surface area contributed by atoms with Gasteiger partial charge in [0.15, 0.2) is 17.3 Å². The van der Waals surface area contributed by atoms with E-state index in [1.54, 1.807) is 13.2 Å². The number of hydrogen-bond acceptors (Lipinski definition) is 6. The van der Waals surface area contributed by atoms with Crippen molar-refractivity contribution in [3.05, 3.63) is 40.3 Å². The van der Waals surface area contributed by atoms with E-state index < -0.39 is 0 Å². The molecule has 0 spiro atoms. The number of methoxy groups -OCH3 is 1. The average molecular weight is 339 g/mol. The molecule has 0 amide bonds. The first-order valence-electron chi connectivity index (χ1n) is 5.90. The van der Waals surface area contributed by atoms with Crippen molar-refractivity contribution in [2.75, 3.05) is 12.5 Å². The number of benzene rings is 1. The van der Waals surface area contributed by atoms with Crippen LogP contribution >= 0.6 is 15.9 Å². The number of nitrogens with two attached hydrogens (primary N) is 1. The SMILES string of the molecule is COc1cccc(Br)c1OCc1nc(C)cc(NN)n1. The van der Waals surface area contributed by atoms with Crippen LogP contribution in [0.3, 0.4) is 0 Å². The molecule has 0 saturated heterocycles. The second-order valence-electron chi connectivity index (χ2n) is 4.02. The minimum absolute atomic E-state index is 0.218.